The van der Waals surface area contributed by atoms with E-state index in [2.05, 4.69) is 41.1 Å². The van der Waals surface area contributed by atoms with Crippen LogP contribution in [0, 0.1) is 5.92 Å². The minimum absolute atomic E-state index is 0.522. The fourth-order valence-corrected chi connectivity index (χ4v) is 2.90. The Morgan fingerprint density at radius 2 is 2.31 bits per heavy atom. The number of nitrogens with zero attached hydrogens (tertiary/aromatic N) is 3. The van der Waals surface area contributed by atoms with E-state index in [4.69, 9.17) is 0 Å². The van der Waals surface area contributed by atoms with Crippen molar-refractivity contribution in [3.8, 4) is 0 Å². The van der Waals surface area contributed by atoms with Crippen LogP contribution in [-0.4, -0.2) is 26.7 Å². The predicted molar refractivity (Wildman–Crippen MR) is 67.3 cm³/mol. The van der Waals surface area contributed by atoms with E-state index < -0.39 is 0 Å². The van der Waals surface area contributed by atoms with E-state index in [0.29, 0.717) is 12.0 Å². The average molecular weight is 240 g/mol. The Balaban J connectivity index is 2.11. The first-order valence-electron chi connectivity index (χ1n) is 6.06. The summed E-state index contributed by atoms with van der Waals surface area (Å²) in [5, 5.41) is 9.49. The molecule has 5 heteroatoms. The third-order valence-electron chi connectivity index (χ3n) is 2.95. The van der Waals surface area contributed by atoms with Crippen molar-refractivity contribution in [2.45, 2.75) is 51.2 Å². The molecule has 0 fully saturated rings. The second-order valence-corrected chi connectivity index (χ2v) is 5.62. The van der Waals surface area contributed by atoms with Gasteiger partial charge in [0.05, 0.1) is 6.04 Å². The normalized spacial score (nSPS) is 19.6. The molecule has 0 saturated heterocycles. The molecule has 1 atom stereocenters. The van der Waals surface area contributed by atoms with E-state index >= 15 is 0 Å². The summed E-state index contributed by atoms with van der Waals surface area (Å²) < 4.78 is 2.09. The highest BCUT2D eigenvalue weighted by Crippen LogP contribution is 2.25. The summed E-state index contributed by atoms with van der Waals surface area (Å²) in [6.07, 6.45) is 3.39. The number of hydrogen-bond donors (Lipinski definition) is 1. The molecule has 0 saturated carbocycles. The highest BCUT2D eigenvalue weighted by Gasteiger charge is 2.24. The molecule has 1 aromatic rings. The smallest absolute Gasteiger partial charge is 0.210 e. The number of unbranched alkanes of at least 4 members (excludes halogenated alkanes) is 1. The fourth-order valence-electron chi connectivity index (χ4n) is 1.73. The summed E-state index contributed by atoms with van der Waals surface area (Å²) in [5.74, 6) is 2.81. The Bertz CT molecular complexity index is 348. The third kappa shape index (κ3) is 2.34. The van der Waals surface area contributed by atoms with Gasteiger partial charge in [-0.2, -0.15) is 0 Å². The van der Waals surface area contributed by atoms with Crippen LogP contribution in [0.5, 0.6) is 0 Å². The van der Waals surface area contributed by atoms with Crippen LogP contribution in [0.2, 0.25) is 0 Å². The molecule has 90 valence electrons. The Morgan fingerprint density at radius 3 is 3.00 bits per heavy atom. The molecule has 4 nitrogen and oxygen atoms in total. The maximum absolute atomic E-state index is 4.26. The zero-order valence-corrected chi connectivity index (χ0v) is 11.0. The number of aryl methyl sites for hydroxylation is 1. The minimum Gasteiger partial charge on any atom is -0.318 e. The van der Waals surface area contributed by atoms with Gasteiger partial charge in [-0.1, -0.05) is 39.0 Å². The van der Waals surface area contributed by atoms with E-state index in [1.807, 2.05) is 0 Å². The van der Waals surface area contributed by atoms with Crippen LogP contribution in [0.3, 0.4) is 0 Å². The van der Waals surface area contributed by atoms with Crippen LogP contribution >= 0.6 is 11.8 Å². The minimum atomic E-state index is 0.522. The monoisotopic (exact) mass is 240 g/mol. The number of fused-ring (bicyclic) bond motifs is 1. The number of hydrogen-bond acceptors (Lipinski definition) is 4. The summed E-state index contributed by atoms with van der Waals surface area (Å²) in [7, 11) is 0. The highest BCUT2D eigenvalue weighted by molar-refractivity contribution is 7.99. The number of thioether (sulfide) groups is 1. The Hall–Kier alpha value is -0.710. The summed E-state index contributed by atoms with van der Waals surface area (Å²) in [6, 6.07) is 0.522. The van der Waals surface area contributed by atoms with Gasteiger partial charge in [0.1, 0.15) is 0 Å². The van der Waals surface area contributed by atoms with Crippen molar-refractivity contribution in [2.75, 3.05) is 11.2 Å². The summed E-state index contributed by atoms with van der Waals surface area (Å²) in [4.78, 5) is 0. The van der Waals surface area contributed by atoms with Crippen LogP contribution in [0.4, 0.5) is 0 Å². The third-order valence-corrected chi connectivity index (χ3v) is 3.99. The van der Waals surface area contributed by atoms with Crippen molar-refractivity contribution in [2.24, 2.45) is 5.92 Å². The van der Waals surface area contributed by atoms with Crippen molar-refractivity contribution in [3.63, 3.8) is 0 Å². The van der Waals surface area contributed by atoms with Crippen molar-refractivity contribution >= 4 is 11.8 Å². The molecule has 1 aromatic heterocycles. The van der Waals surface area contributed by atoms with E-state index in [1.54, 1.807) is 11.8 Å². The van der Waals surface area contributed by atoms with Gasteiger partial charge in [-0.15, -0.1) is 10.2 Å². The average Bonchev–Trinajstić information content (AvgIpc) is 2.68. The van der Waals surface area contributed by atoms with Gasteiger partial charge in [-0.05, 0) is 12.3 Å². The van der Waals surface area contributed by atoms with Crippen LogP contribution in [-0.2, 0) is 6.42 Å². The van der Waals surface area contributed by atoms with Gasteiger partial charge in [0.15, 0.2) is 5.82 Å². The number of rotatable bonds is 4. The van der Waals surface area contributed by atoms with E-state index in [9.17, 15) is 0 Å². The molecule has 1 aliphatic rings. The standard InChI is InChI=1S/C11H20N4S/c1-4-5-6-10-12-13-11-15(10)14-9(7-16-11)8(2)3/h8-9,14H,4-7H2,1-3H3. The molecule has 0 amide bonds. The van der Waals surface area contributed by atoms with Gasteiger partial charge >= 0.3 is 0 Å². The van der Waals surface area contributed by atoms with Crippen molar-refractivity contribution in [1.82, 2.24) is 14.9 Å². The molecule has 2 rings (SSSR count). The lowest BCUT2D eigenvalue weighted by molar-refractivity contribution is 0.493. The first-order chi connectivity index (χ1) is 7.72. The quantitative estimate of drug-likeness (QED) is 0.877. The Kier molecular flexibility index (Phi) is 3.74. The van der Waals surface area contributed by atoms with E-state index in [1.165, 1.54) is 12.8 Å². The van der Waals surface area contributed by atoms with Gasteiger partial charge in [0.25, 0.3) is 0 Å². The second-order valence-electron chi connectivity index (χ2n) is 4.63. The second kappa shape index (κ2) is 5.08. The van der Waals surface area contributed by atoms with Gasteiger partial charge in [-0.3, -0.25) is 0 Å². The molecular weight excluding hydrogens is 220 g/mol. The zero-order valence-electron chi connectivity index (χ0n) is 10.2. The van der Waals surface area contributed by atoms with E-state index in [0.717, 1.165) is 23.2 Å². The lowest BCUT2D eigenvalue weighted by Gasteiger charge is -2.28. The molecule has 1 N–H and O–H groups in total. The molecule has 0 radical (unpaired) electrons. The maximum atomic E-state index is 4.26. The van der Waals surface area contributed by atoms with Crippen molar-refractivity contribution < 1.29 is 0 Å². The molecule has 0 bridgehead atoms. The molecule has 0 spiro atoms. The van der Waals surface area contributed by atoms with Crippen LogP contribution in [0.15, 0.2) is 5.16 Å². The van der Waals surface area contributed by atoms with Gasteiger partial charge in [0, 0.05) is 12.2 Å². The number of aromatic nitrogens is 3. The molecule has 1 unspecified atom stereocenters. The molecule has 16 heavy (non-hydrogen) atoms. The van der Waals surface area contributed by atoms with Gasteiger partial charge in [0.2, 0.25) is 5.16 Å². The van der Waals surface area contributed by atoms with Gasteiger partial charge in [-0.25, -0.2) is 4.68 Å². The summed E-state index contributed by atoms with van der Waals surface area (Å²) in [6.45, 7) is 6.70. The van der Waals surface area contributed by atoms with Crippen LogP contribution < -0.4 is 5.43 Å². The lowest BCUT2D eigenvalue weighted by Crippen LogP contribution is -2.38. The Labute approximate surface area is 101 Å². The first-order valence-corrected chi connectivity index (χ1v) is 7.04. The van der Waals surface area contributed by atoms with Crippen LogP contribution in [0.1, 0.15) is 39.4 Å². The topological polar surface area (TPSA) is 42.7 Å². The van der Waals surface area contributed by atoms with Gasteiger partial charge < -0.3 is 5.43 Å². The summed E-state index contributed by atoms with van der Waals surface area (Å²) >= 11 is 1.81. The van der Waals surface area contributed by atoms with Crippen molar-refractivity contribution in [3.05, 3.63) is 5.82 Å². The molecule has 0 aliphatic carbocycles. The predicted octanol–water partition coefficient (Wildman–Crippen LogP) is 2.29. The molecule has 0 aromatic carbocycles. The Morgan fingerprint density at radius 1 is 1.50 bits per heavy atom. The molecular formula is C11H20N4S. The fraction of sp³-hybridized carbons (Fsp3) is 0.818. The van der Waals surface area contributed by atoms with E-state index in [-0.39, 0.29) is 0 Å². The number of nitrogens with one attached hydrogen (secondary N) is 1. The first kappa shape index (κ1) is 11.8. The molecule has 1 aliphatic heterocycles. The lowest BCUT2D eigenvalue weighted by atomic mass is 10.1. The zero-order chi connectivity index (χ0) is 11.5. The highest BCUT2D eigenvalue weighted by atomic mass is 32.2. The largest absolute Gasteiger partial charge is 0.318 e. The molecule has 2 heterocycles. The SMILES string of the molecule is CCCCc1nnc2n1NC(C(C)C)CS2. The summed E-state index contributed by atoms with van der Waals surface area (Å²) in [5.41, 5.74) is 3.52. The maximum Gasteiger partial charge on any atom is 0.210 e. The van der Waals surface area contributed by atoms with Crippen LogP contribution in [0.25, 0.3) is 0 Å². The van der Waals surface area contributed by atoms with Crippen molar-refractivity contribution in [1.29, 1.82) is 0 Å².